The van der Waals surface area contributed by atoms with Crippen LogP contribution >= 0.6 is 0 Å². The Morgan fingerprint density at radius 2 is 1.62 bits per heavy atom. The van der Waals surface area contributed by atoms with E-state index in [1.165, 1.54) is 34.1 Å². The van der Waals surface area contributed by atoms with Crippen LogP contribution in [0.4, 0.5) is 15.8 Å². The lowest BCUT2D eigenvalue weighted by molar-refractivity contribution is -0.139. The number of ether oxygens (including phenoxy) is 1. The molecule has 0 radical (unpaired) electrons. The Morgan fingerprint density at radius 1 is 0.971 bits per heavy atom. The fourth-order valence-corrected chi connectivity index (χ4v) is 5.28. The first kappa shape index (κ1) is 22.3. The highest BCUT2D eigenvalue weighted by molar-refractivity contribution is 6.22. The Kier molecular flexibility index (Phi) is 5.67. The maximum atomic E-state index is 13.2. The minimum atomic E-state index is -0.651. The van der Waals surface area contributed by atoms with E-state index in [1.807, 2.05) is 0 Å². The molecular weight excluding hydrogens is 439 g/mol. The van der Waals surface area contributed by atoms with Crippen molar-refractivity contribution in [2.24, 2.45) is 17.8 Å². The molecule has 8 heteroatoms. The topological polar surface area (TPSA) is 84.0 Å². The fourth-order valence-electron chi connectivity index (χ4n) is 5.28. The standard InChI is InChI=1S/C26H25FN2O5/c1-15-12-19(10-11-22(15)29-24(31)20-4-2-3-5-21(20)25(29)32)34-26(33)16-13-23(30)28(14-16)18-8-6-17(27)7-9-18/h6-12,16,20-21H,2-5,13-14H2,1H3/t16-,20+,21+/m1/s1. The summed E-state index contributed by atoms with van der Waals surface area (Å²) in [6.07, 6.45) is 3.42. The summed E-state index contributed by atoms with van der Waals surface area (Å²) in [7, 11) is 0. The quantitative estimate of drug-likeness (QED) is 0.391. The van der Waals surface area contributed by atoms with Gasteiger partial charge in [0.25, 0.3) is 0 Å². The molecule has 3 atom stereocenters. The first-order valence-electron chi connectivity index (χ1n) is 11.6. The van der Waals surface area contributed by atoms with Gasteiger partial charge in [0.2, 0.25) is 17.7 Å². The van der Waals surface area contributed by atoms with E-state index < -0.39 is 17.7 Å². The number of esters is 1. The number of aryl methyl sites for hydroxylation is 1. The smallest absolute Gasteiger partial charge is 0.316 e. The van der Waals surface area contributed by atoms with Gasteiger partial charge in [-0.1, -0.05) is 12.8 Å². The molecule has 176 valence electrons. The van der Waals surface area contributed by atoms with Crippen molar-refractivity contribution in [1.82, 2.24) is 0 Å². The van der Waals surface area contributed by atoms with Crippen LogP contribution in [-0.2, 0) is 19.2 Å². The van der Waals surface area contributed by atoms with Crippen molar-refractivity contribution >= 4 is 35.1 Å². The molecule has 0 unspecified atom stereocenters. The Bertz CT molecular complexity index is 1150. The summed E-state index contributed by atoms with van der Waals surface area (Å²) < 4.78 is 18.7. The van der Waals surface area contributed by atoms with Gasteiger partial charge in [0.1, 0.15) is 11.6 Å². The minimum Gasteiger partial charge on any atom is -0.426 e. The molecule has 2 aromatic carbocycles. The number of hydrogen-bond donors (Lipinski definition) is 0. The maximum Gasteiger partial charge on any atom is 0.316 e. The minimum absolute atomic E-state index is 0.00678. The predicted octanol–water partition coefficient (Wildman–Crippen LogP) is 3.77. The molecule has 3 amide bonds. The molecule has 0 aromatic heterocycles. The monoisotopic (exact) mass is 464 g/mol. The summed E-state index contributed by atoms with van der Waals surface area (Å²) in [5.74, 6) is -2.29. The first-order valence-corrected chi connectivity index (χ1v) is 11.6. The predicted molar refractivity (Wildman–Crippen MR) is 122 cm³/mol. The number of benzene rings is 2. The van der Waals surface area contributed by atoms with Crippen molar-refractivity contribution in [3.05, 3.63) is 53.8 Å². The second-order valence-corrected chi connectivity index (χ2v) is 9.26. The third kappa shape index (κ3) is 3.87. The zero-order chi connectivity index (χ0) is 24.0. The lowest BCUT2D eigenvalue weighted by Crippen LogP contribution is -2.31. The van der Waals surface area contributed by atoms with Gasteiger partial charge >= 0.3 is 5.97 Å². The van der Waals surface area contributed by atoms with Crippen LogP contribution in [-0.4, -0.2) is 30.2 Å². The highest BCUT2D eigenvalue weighted by Crippen LogP contribution is 2.41. The Morgan fingerprint density at radius 3 is 2.24 bits per heavy atom. The van der Waals surface area contributed by atoms with Crippen molar-refractivity contribution in [3.63, 3.8) is 0 Å². The van der Waals surface area contributed by atoms with Crippen LogP contribution in [0.2, 0.25) is 0 Å². The number of carbonyl (C=O) groups excluding carboxylic acids is 4. The molecule has 0 bridgehead atoms. The van der Waals surface area contributed by atoms with Crippen LogP contribution in [0.1, 0.15) is 37.7 Å². The second kappa shape index (κ2) is 8.66. The van der Waals surface area contributed by atoms with Gasteiger partial charge in [-0.25, -0.2) is 9.29 Å². The summed E-state index contributed by atoms with van der Waals surface area (Å²) in [5, 5.41) is 0. The van der Waals surface area contributed by atoms with Gasteiger partial charge in [-0.15, -0.1) is 0 Å². The van der Waals surface area contributed by atoms with Gasteiger partial charge < -0.3 is 9.64 Å². The number of hydrogen-bond acceptors (Lipinski definition) is 5. The number of anilines is 2. The van der Waals surface area contributed by atoms with Gasteiger partial charge in [-0.3, -0.25) is 19.2 Å². The Labute approximate surface area is 196 Å². The molecule has 1 saturated carbocycles. The van der Waals surface area contributed by atoms with E-state index >= 15 is 0 Å². The fraction of sp³-hybridized carbons (Fsp3) is 0.385. The van der Waals surface area contributed by atoms with Gasteiger partial charge in [0.15, 0.2) is 0 Å². The van der Waals surface area contributed by atoms with Gasteiger partial charge in [-0.05, 0) is 67.8 Å². The summed E-state index contributed by atoms with van der Waals surface area (Å²) in [6, 6.07) is 10.4. The van der Waals surface area contributed by atoms with Crippen molar-refractivity contribution in [2.75, 3.05) is 16.3 Å². The number of rotatable bonds is 4. The molecule has 2 saturated heterocycles. The number of imide groups is 1. The lowest BCUT2D eigenvalue weighted by Gasteiger charge is -2.19. The van der Waals surface area contributed by atoms with Crippen LogP contribution in [0.3, 0.4) is 0 Å². The lowest BCUT2D eigenvalue weighted by atomic mass is 9.81. The maximum absolute atomic E-state index is 13.2. The highest BCUT2D eigenvalue weighted by atomic mass is 19.1. The molecule has 34 heavy (non-hydrogen) atoms. The van der Waals surface area contributed by atoms with E-state index in [2.05, 4.69) is 0 Å². The van der Waals surface area contributed by atoms with Crippen molar-refractivity contribution in [1.29, 1.82) is 0 Å². The average molecular weight is 464 g/mol. The van der Waals surface area contributed by atoms with Crippen LogP contribution in [0.25, 0.3) is 0 Å². The molecule has 3 aliphatic rings. The molecule has 0 spiro atoms. The van der Waals surface area contributed by atoms with Crippen molar-refractivity contribution < 1.29 is 28.3 Å². The molecule has 0 N–H and O–H groups in total. The molecule has 1 aliphatic carbocycles. The third-order valence-corrected chi connectivity index (χ3v) is 7.07. The van der Waals surface area contributed by atoms with Crippen molar-refractivity contribution in [2.45, 2.75) is 39.0 Å². The molecule has 7 nitrogen and oxygen atoms in total. The molecule has 2 aliphatic heterocycles. The molecule has 2 aromatic rings. The summed E-state index contributed by atoms with van der Waals surface area (Å²) in [6.45, 7) is 1.92. The van der Waals surface area contributed by atoms with E-state index in [9.17, 15) is 23.6 Å². The third-order valence-electron chi connectivity index (χ3n) is 7.07. The summed E-state index contributed by atoms with van der Waals surface area (Å²) in [4.78, 5) is 53.7. The Hall–Kier alpha value is -3.55. The van der Waals surface area contributed by atoms with Gasteiger partial charge in [0.05, 0.1) is 23.4 Å². The number of nitrogens with zero attached hydrogens (tertiary/aromatic N) is 2. The van der Waals surface area contributed by atoms with E-state index in [-0.39, 0.29) is 48.3 Å². The van der Waals surface area contributed by atoms with Crippen LogP contribution in [0.15, 0.2) is 42.5 Å². The van der Waals surface area contributed by atoms with Gasteiger partial charge in [-0.2, -0.15) is 0 Å². The summed E-state index contributed by atoms with van der Waals surface area (Å²) >= 11 is 0. The number of halogens is 1. The van der Waals surface area contributed by atoms with Crippen LogP contribution in [0, 0.1) is 30.5 Å². The number of carbonyl (C=O) groups is 4. The molecule has 2 heterocycles. The largest absolute Gasteiger partial charge is 0.426 e. The number of amides is 3. The van der Waals surface area contributed by atoms with Crippen LogP contribution in [0.5, 0.6) is 5.75 Å². The van der Waals surface area contributed by atoms with Crippen molar-refractivity contribution in [3.8, 4) is 5.75 Å². The molecule has 5 rings (SSSR count). The van der Waals surface area contributed by atoms with E-state index in [0.717, 1.165) is 25.7 Å². The SMILES string of the molecule is Cc1cc(OC(=O)[C@@H]2CC(=O)N(c3ccc(F)cc3)C2)ccc1N1C(=O)[C@H]2CCCC[C@@H]2C1=O. The normalized spacial score (nSPS) is 24.5. The van der Waals surface area contributed by atoms with Gasteiger partial charge in [0, 0.05) is 18.7 Å². The van der Waals surface area contributed by atoms with E-state index in [1.54, 1.807) is 25.1 Å². The first-order chi connectivity index (χ1) is 16.3. The second-order valence-electron chi connectivity index (χ2n) is 9.26. The number of fused-ring (bicyclic) bond motifs is 1. The van der Waals surface area contributed by atoms with Crippen LogP contribution < -0.4 is 14.5 Å². The average Bonchev–Trinajstić information content (AvgIpc) is 3.33. The zero-order valence-corrected chi connectivity index (χ0v) is 18.8. The van der Waals surface area contributed by atoms with E-state index in [4.69, 9.17) is 4.74 Å². The summed E-state index contributed by atoms with van der Waals surface area (Å²) in [5.41, 5.74) is 1.70. The van der Waals surface area contributed by atoms with E-state index in [0.29, 0.717) is 16.9 Å². The highest BCUT2D eigenvalue weighted by Gasteiger charge is 2.49. The molecule has 3 fully saturated rings. The Balaban J connectivity index is 1.28. The zero-order valence-electron chi connectivity index (χ0n) is 18.8. The molecular formula is C26H25FN2O5.